The molecule has 2 aliphatic rings. The number of hydrogen-bond donors (Lipinski definition) is 0. The van der Waals surface area contributed by atoms with Crippen LogP contribution in [0.1, 0.15) is 144 Å². The van der Waals surface area contributed by atoms with E-state index in [9.17, 15) is 9.13 Å². The van der Waals surface area contributed by atoms with E-state index in [2.05, 4.69) is 0 Å². The summed E-state index contributed by atoms with van der Waals surface area (Å²) in [6.45, 7) is 13.6. The van der Waals surface area contributed by atoms with E-state index in [1.807, 2.05) is 20.8 Å². The zero-order valence-corrected chi connectivity index (χ0v) is 18.9. The molecule has 2 aliphatic heterocycles. The van der Waals surface area contributed by atoms with Crippen molar-refractivity contribution in [3.63, 3.8) is 0 Å². The van der Waals surface area contributed by atoms with Crippen molar-refractivity contribution in [2.45, 2.75) is 155 Å². The SMILES string of the molecule is C.C.C.C.C.C.C.C.C.C.C.C.CC(C)(C)OP1(=O)OCCCO1.CC(C)(C)O[P@@]1(=O)O[CH-]CCO1.[V]. The van der Waals surface area contributed by atoms with Gasteiger partial charge in [0, 0.05) is 25.2 Å². The van der Waals surface area contributed by atoms with Crippen LogP contribution in [0.5, 0.6) is 0 Å². The molecule has 0 unspecified atom stereocenters. The van der Waals surface area contributed by atoms with Gasteiger partial charge in [-0.05, 0) is 48.0 Å². The van der Waals surface area contributed by atoms with Gasteiger partial charge in [0.2, 0.25) is 0 Å². The monoisotopic (exact) mass is 630 g/mol. The van der Waals surface area contributed by atoms with E-state index in [1.54, 1.807) is 20.8 Å². The second-order valence-corrected chi connectivity index (χ2v) is 10.4. The molecule has 2 fully saturated rings. The molecule has 0 aromatic rings. The Labute approximate surface area is 251 Å². The van der Waals surface area contributed by atoms with Gasteiger partial charge < -0.3 is 4.52 Å². The van der Waals surface area contributed by atoms with E-state index in [-0.39, 0.29) is 108 Å². The van der Waals surface area contributed by atoms with Gasteiger partial charge in [-0.1, -0.05) is 89.1 Å². The topological polar surface area (TPSA) is 89.5 Å². The first-order valence-corrected chi connectivity index (χ1v) is 10.8. The van der Waals surface area contributed by atoms with Crippen molar-refractivity contribution in [2.24, 2.45) is 0 Å². The van der Waals surface area contributed by atoms with Gasteiger partial charge in [0.15, 0.2) is 0 Å². The second kappa shape index (κ2) is 34.8. The van der Waals surface area contributed by atoms with Crippen molar-refractivity contribution in [3.8, 4) is 0 Å². The Hall–Kier alpha value is 0.804. The fourth-order valence-corrected chi connectivity index (χ4v) is 4.61. The van der Waals surface area contributed by atoms with Crippen molar-refractivity contribution < 1.29 is 54.8 Å². The van der Waals surface area contributed by atoms with Gasteiger partial charge >= 0.3 is 15.6 Å². The fourth-order valence-electron chi connectivity index (χ4n) is 1.61. The summed E-state index contributed by atoms with van der Waals surface area (Å²) in [5.41, 5.74) is -1.01. The first kappa shape index (κ1) is 83.2. The standard InChI is InChI=1S/C7H15O4P.C7H14O4P.12CH4.V/c2*1-7(2,3)11-12(8)9-5-4-6-10-12;;;;;;;;;;;;;/h4-6H2,1-3H3;5H,4,6H2,1-3H3;12*1H4;/q;-1;;;;;;;;;;;;;/t;12-;;;;;;;;;;;;;/m.0............./s1. The largest absolute Gasteiger partial charge is 0.475 e. The zero-order valence-electron chi connectivity index (χ0n) is 15.7. The number of phosphoric ester groups is 2. The smallest absolute Gasteiger partial charge is 0.464 e. The van der Waals surface area contributed by atoms with Gasteiger partial charge in [-0.25, -0.2) is 9.13 Å². The molecule has 0 aromatic carbocycles. The third-order valence-electron chi connectivity index (χ3n) is 2.25. The summed E-state index contributed by atoms with van der Waals surface area (Å²) in [6, 6.07) is 0. The minimum absolute atomic E-state index is 0. The predicted molar refractivity (Wildman–Crippen MR) is 170 cm³/mol. The van der Waals surface area contributed by atoms with Crippen molar-refractivity contribution in [2.75, 3.05) is 19.8 Å². The molecule has 2 rings (SSSR count). The summed E-state index contributed by atoms with van der Waals surface area (Å²) in [7, 11) is -6.53. The van der Waals surface area contributed by atoms with E-state index < -0.39 is 26.8 Å². The molecule has 0 bridgehead atoms. The molecule has 1 atom stereocenters. The van der Waals surface area contributed by atoms with Crippen molar-refractivity contribution >= 4 is 15.6 Å². The zero-order chi connectivity index (χ0) is 18.5. The minimum atomic E-state index is -3.29. The van der Waals surface area contributed by atoms with E-state index in [0.29, 0.717) is 26.2 Å². The predicted octanol–water partition coefficient (Wildman–Crippen LogP) is 12.5. The van der Waals surface area contributed by atoms with Crippen LogP contribution in [0, 0.1) is 6.61 Å². The number of phosphoric acid groups is 2. The van der Waals surface area contributed by atoms with Gasteiger partial charge in [0.25, 0.3) is 0 Å². The maximum absolute atomic E-state index is 11.6. The number of rotatable bonds is 2. The first-order chi connectivity index (χ1) is 10.8. The molecule has 0 saturated carbocycles. The molecule has 2 saturated heterocycles. The maximum Gasteiger partial charge on any atom is 0.475 e. The molecular weight excluding hydrogens is 553 g/mol. The van der Waals surface area contributed by atoms with Crippen LogP contribution in [0.3, 0.4) is 0 Å². The Morgan fingerprint density at radius 1 is 0.568 bits per heavy atom. The van der Waals surface area contributed by atoms with Crippen LogP contribution in [0.25, 0.3) is 0 Å². The molecular formula is C26H77O8P2V-. The third-order valence-corrected chi connectivity index (χ3v) is 5.69. The van der Waals surface area contributed by atoms with E-state index in [4.69, 9.17) is 27.1 Å². The molecule has 37 heavy (non-hydrogen) atoms. The van der Waals surface area contributed by atoms with E-state index in [0.717, 1.165) is 6.42 Å². The normalized spacial score (nSPS) is 18.1. The fraction of sp³-hybridized carbons (Fsp3) is 0.962. The van der Waals surface area contributed by atoms with Gasteiger partial charge in [-0.2, -0.15) is 6.61 Å². The summed E-state index contributed by atoms with van der Waals surface area (Å²) >= 11 is 0. The minimum Gasteiger partial charge on any atom is -0.464 e. The van der Waals surface area contributed by atoms with Gasteiger partial charge in [-0.15, -0.1) is 6.42 Å². The summed E-state index contributed by atoms with van der Waals surface area (Å²) in [6.07, 6.45) is 1.43. The molecule has 245 valence electrons. The average molecular weight is 631 g/mol. The molecule has 0 aliphatic carbocycles. The van der Waals surface area contributed by atoms with Crippen LogP contribution >= 0.6 is 15.6 Å². The van der Waals surface area contributed by atoms with Crippen molar-refractivity contribution in [3.05, 3.63) is 6.61 Å². The average Bonchev–Trinajstić information content (AvgIpc) is 2.35. The molecule has 0 amide bonds. The first-order valence-electron chi connectivity index (χ1n) is 7.88. The van der Waals surface area contributed by atoms with Gasteiger partial charge in [0.05, 0.1) is 24.4 Å². The van der Waals surface area contributed by atoms with Crippen molar-refractivity contribution in [1.29, 1.82) is 0 Å². The van der Waals surface area contributed by atoms with E-state index >= 15 is 0 Å². The van der Waals surface area contributed by atoms with Crippen molar-refractivity contribution in [1.82, 2.24) is 0 Å². The molecule has 1 radical (unpaired) electrons. The molecule has 8 nitrogen and oxygen atoms in total. The summed E-state index contributed by atoms with van der Waals surface area (Å²) < 4.78 is 53.1. The van der Waals surface area contributed by atoms with Gasteiger partial charge in [-0.3, -0.25) is 22.6 Å². The van der Waals surface area contributed by atoms with Gasteiger partial charge in [0.1, 0.15) is 0 Å². The Balaban J connectivity index is -0.0000000209. The van der Waals surface area contributed by atoms with E-state index in [1.165, 1.54) is 6.61 Å². The molecule has 0 N–H and O–H groups in total. The molecule has 11 heteroatoms. The van der Waals surface area contributed by atoms with Crippen LogP contribution in [0.15, 0.2) is 0 Å². The summed E-state index contributed by atoms with van der Waals surface area (Å²) in [5.74, 6) is 0. The Morgan fingerprint density at radius 2 is 0.865 bits per heavy atom. The van der Waals surface area contributed by atoms with Crippen LogP contribution in [-0.4, -0.2) is 31.0 Å². The number of hydrogen-bond acceptors (Lipinski definition) is 8. The third kappa shape index (κ3) is 41.4. The van der Waals surface area contributed by atoms with Crippen LogP contribution in [0.2, 0.25) is 0 Å². The Bertz CT molecular complexity index is 430. The summed E-state index contributed by atoms with van der Waals surface area (Å²) in [5, 5.41) is 0. The summed E-state index contributed by atoms with van der Waals surface area (Å²) in [4.78, 5) is 0. The molecule has 2 heterocycles. The second-order valence-electron chi connectivity index (χ2n) is 7.22. The maximum atomic E-state index is 11.6. The molecule has 0 spiro atoms. The van der Waals surface area contributed by atoms with Crippen LogP contribution in [0.4, 0.5) is 0 Å². The van der Waals surface area contributed by atoms with Crippen LogP contribution < -0.4 is 0 Å². The quantitative estimate of drug-likeness (QED) is 0.220. The Kier molecular flexibility index (Phi) is 78.4. The molecule has 0 aromatic heterocycles. The Morgan fingerprint density at radius 3 is 1.14 bits per heavy atom. The van der Waals surface area contributed by atoms with Crippen LogP contribution in [-0.2, 0) is 54.8 Å².